The van der Waals surface area contributed by atoms with Crippen molar-refractivity contribution in [3.8, 4) is 0 Å². The van der Waals surface area contributed by atoms with E-state index >= 15 is 0 Å². The maximum atomic E-state index is 13.0. The molecule has 19 heavy (non-hydrogen) atoms. The second-order valence-electron chi connectivity index (χ2n) is 5.07. The van der Waals surface area contributed by atoms with Gasteiger partial charge in [-0.2, -0.15) is 5.10 Å². The number of rotatable bonds is 3. The second-order valence-corrected chi connectivity index (χ2v) is 5.86. The summed E-state index contributed by atoms with van der Waals surface area (Å²) in [4.78, 5) is 0. The molecule has 0 aliphatic heterocycles. The summed E-state index contributed by atoms with van der Waals surface area (Å²) in [5.41, 5.74) is 8.68. The van der Waals surface area contributed by atoms with Gasteiger partial charge >= 0.3 is 0 Å². The molecule has 0 spiro atoms. The molecular weight excluding hydrogens is 309 g/mol. The maximum absolute atomic E-state index is 13.0. The number of nitrogens with two attached hydrogens (primary N) is 1. The van der Waals surface area contributed by atoms with Crippen LogP contribution in [-0.2, 0) is 19.0 Å². The molecule has 1 heterocycles. The number of halogens is 2. The molecule has 2 rings (SSSR count). The normalized spacial score (nSPS) is 14.4. The molecule has 1 unspecified atom stereocenters. The summed E-state index contributed by atoms with van der Waals surface area (Å²) in [7, 11) is 1.90. The summed E-state index contributed by atoms with van der Waals surface area (Å²) < 4.78 is 15.8. The highest BCUT2D eigenvalue weighted by Crippen LogP contribution is 2.28. The molecule has 0 radical (unpaired) electrons. The third-order valence-corrected chi connectivity index (χ3v) is 4.33. The van der Waals surface area contributed by atoms with Crippen molar-refractivity contribution in [3.63, 3.8) is 0 Å². The van der Waals surface area contributed by atoms with E-state index in [9.17, 15) is 4.39 Å². The number of nitrogens with zero attached hydrogens (tertiary/aromatic N) is 2. The Bertz CT molecular complexity index is 587. The van der Waals surface area contributed by atoms with E-state index in [1.807, 2.05) is 25.6 Å². The first-order valence-electron chi connectivity index (χ1n) is 6.04. The lowest BCUT2D eigenvalue weighted by molar-refractivity contribution is 0.470. The van der Waals surface area contributed by atoms with E-state index in [4.69, 9.17) is 5.73 Å². The van der Waals surface area contributed by atoms with Crippen LogP contribution in [0.1, 0.15) is 23.9 Å². The minimum Gasteiger partial charge on any atom is -0.321 e. The Morgan fingerprint density at radius 1 is 1.37 bits per heavy atom. The minimum atomic E-state index is -0.573. The van der Waals surface area contributed by atoms with Gasteiger partial charge in [-0.05, 0) is 47.5 Å². The largest absolute Gasteiger partial charge is 0.321 e. The van der Waals surface area contributed by atoms with Gasteiger partial charge in [0.15, 0.2) is 0 Å². The molecule has 102 valence electrons. The van der Waals surface area contributed by atoms with Crippen LogP contribution in [0.15, 0.2) is 28.7 Å². The highest BCUT2D eigenvalue weighted by Gasteiger charge is 2.25. The predicted octanol–water partition coefficient (Wildman–Crippen LogP) is 3.05. The van der Waals surface area contributed by atoms with Crippen molar-refractivity contribution in [1.82, 2.24) is 9.78 Å². The van der Waals surface area contributed by atoms with Crippen molar-refractivity contribution < 1.29 is 4.39 Å². The number of hydrogen-bond acceptors (Lipinski definition) is 2. The molecule has 0 bridgehead atoms. The molecule has 0 amide bonds. The first-order valence-corrected chi connectivity index (χ1v) is 6.83. The van der Waals surface area contributed by atoms with Crippen LogP contribution in [0.25, 0.3) is 0 Å². The third kappa shape index (κ3) is 2.87. The van der Waals surface area contributed by atoms with Gasteiger partial charge in [0.05, 0.1) is 15.9 Å². The van der Waals surface area contributed by atoms with Gasteiger partial charge in [-0.25, -0.2) is 4.39 Å². The molecule has 0 aliphatic carbocycles. The fourth-order valence-electron chi connectivity index (χ4n) is 2.15. The zero-order chi connectivity index (χ0) is 14.2. The van der Waals surface area contributed by atoms with Gasteiger partial charge < -0.3 is 5.73 Å². The van der Waals surface area contributed by atoms with E-state index in [0.717, 1.165) is 21.4 Å². The fraction of sp³-hybridized carbons (Fsp3) is 0.357. The smallest absolute Gasteiger partial charge is 0.123 e. The van der Waals surface area contributed by atoms with Gasteiger partial charge in [-0.1, -0.05) is 12.1 Å². The van der Waals surface area contributed by atoms with Gasteiger partial charge in [0, 0.05) is 19.0 Å². The van der Waals surface area contributed by atoms with Crippen LogP contribution in [0.5, 0.6) is 0 Å². The van der Waals surface area contributed by atoms with Gasteiger partial charge in [-0.3, -0.25) is 4.68 Å². The Labute approximate surface area is 120 Å². The Morgan fingerprint density at radius 2 is 1.95 bits per heavy atom. The maximum Gasteiger partial charge on any atom is 0.123 e. The Kier molecular flexibility index (Phi) is 3.78. The molecular formula is C14H17BrFN3. The van der Waals surface area contributed by atoms with Crippen LogP contribution < -0.4 is 5.73 Å². The molecule has 0 fully saturated rings. The van der Waals surface area contributed by atoms with E-state index in [-0.39, 0.29) is 5.82 Å². The molecule has 2 aromatic rings. The topological polar surface area (TPSA) is 43.8 Å². The molecule has 0 saturated carbocycles. The molecule has 1 aromatic heterocycles. The molecule has 3 nitrogen and oxygen atoms in total. The predicted molar refractivity (Wildman–Crippen MR) is 77.3 cm³/mol. The van der Waals surface area contributed by atoms with Gasteiger partial charge in [0.1, 0.15) is 5.82 Å². The van der Waals surface area contributed by atoms with E-state index < -0.39 is 5.54 Å². The van der Waals surface area contributed by atoms with Gasteiger partial charge in [-0.15, -0.1) is 0 Å². The van der Waals surface area contributed by atoms with Crippen LogP contribution >= 0.6 is 15.9 Å². The van der Waals surface area contributed by atoms with E-state index in [1.54, 1.807) is 12.1 Å². The average Bonchev–Trinajstić information content (AvgIpc) is 2.56. The number of aromatic nitrogens is 2. The Hall–Kier alpha value is -1.20. The van der Waals surface area contributed by atoms with Crippen LogP contribution in [0.4, 0.5) is 4.39 Å². The van der Waals surface area contributed by atoms with Crippen LogP contribution in [-0.4, -0.2) is 9.78 Å². The first-order chi connectivity index (χ1) is 8.81. The highest BCUT2D eigenvalue weighted by molar-refractivity contribution is 9.10. The first kappa shape index (κ1) is 14.2. The second kappa shape index (κ2) is 5.06. The lowest BCUT2D eigenvalue weighted by Crippen LogP contribution is -2.36. The van der Waals surface area contributed by atoms with Crippen LogP contribution in [0.2, 0.25) is 0 Å². The van der Waals surface area contributed by atoms with Crippen molar-refractivity contribution >= 4 is 15.9 Å². The summed E-state index contributed by atoms with van der Waals surface area (Å²) in [6, 6.07) is 6.33. The number of aryl methyl sites for hydroxylation is 2. The monoisotopic (exact) mass is 325 g/mol. The van der Waals surface area contributed by atoms with Crippen LogP contribution in [0.3, 0.4) is 0 Å². The van der Waals surface area contributed by atoms with Crippen molar-refractivity contribution in [1.29, 1.82) is 0 Å². The third-order valence-electron chi connectivity index (χ3n) is 3.30. The number of benzene rings is 1. The van der Waals surface area contributed by atoms with Crippen molar-refractivity contribution in [3.05, 3.63) is 51.5 Å². The molecule has 0 aliphatic rings. The average molecular weight is 326 g/mol. The van der Waals surface area contributed by atoms with E-state index in [1.165, 1.54) is 12.1 Å². The standard InChI is InChI=1S/C14H17BrFN3/c1-9-13(15)12(19(3)18-9)8-14(2,17)10-4-6-11(16)7-5-10/h4-7H,8,17H2,1-3H3. The summed E-state index contributed by atoms with van der Waals surface area (Å²) >= 11 is 3.54. The fourth-order valence-corrected chi connectivity index (χ4v) is 2.63. The zero-order valence-corrected chi connectivity index (χ0v) is 12.8. The Balaban J connectivity index is 2.33. The lowest BCUT2D eigenvalue weighted by atomic mass is 9.88. The quantitative estimate of drug-likeness (QED) is 0.942. The summed E-state index contributed by atoms with van der Waals surface area (Å²) in [5.74, 6) is -0.253. The highest BCUT2D eigenvalue weighted by atomic mass is 79.9. The zero-order valence-electron chi connectivity index (χ0n) is 11.2. The van der Waals surface area contributed by atoms with Gasteiger partial charge in [0.25, 0.3) is 0 Å². The molecule has 2 N–H and O–H groups in total. The van der Waals surface area contributed by atoms with E-state index in [0.29, 0.717) is 6.42 Å². The van der Waals surface area contributed by atoms with Crippen LogP contribution in [0, 0.1) is 12.7 Å². The van der Waals surface area contributed by atoms with Crippen molar-refractivity contribution in [2.24, 2.45) is 12.8 Å². The minimum absolute atomic E-state index is 0.253. The molecule has 1 aromatic carbocycles. The van der Waals surface area contributed by atoms with Crippen molar-refractivity contribution in [2.75, 3.05) is 0 Å². The molecule has 0 saturated heterocycles. The number of hydrogen-bond donors (Lipinski definition) is 1. The summed E-state index contributed by atoms with van der Waals surface area (Å²) in [6.45, 7) is 3.88. The van der Waals surface area contributed by atoms with E-state index in [2.05, 4.69) is 21.0 Å². The summed E-state index contributed by atoms with van der Waals surface area (Å²) in [6.07, 6.45) is 0.622. The molecule has 5 heteroatoms. The summed E-state index contributed by atoms with van der Waals surface area (Å²) in [5, 5.41) is 4.36. The molecule has 1 atom stereocenters. The van der Waals surface area contributed by atoms with Crippen molar-refractivity contribution in [2.45, 2.75) is 25.8 Å². The Morgan fingerprint density at radius 3 is 2.42 bits per heavy atom. The van der Waals surface area contributed by atoms with Gasteiger partial charge in [0.2, 0.25) is 0 Å². The SMILES string of the molecule is Cc1nn(C)c(CC(C)(N)c2ccc(F)cc2)c1Br. The lowest BCUT2D eigenvalue weighted by Gasteiger charge is -2.25.